The van der Waals surface area contributed by atoms with E-state index in [9.17, 15) is 9.59 Å². The van der Waals surface area contributed by atoms with Crippen LogP contribution in [0.1, 0.15) is 33.0 Å². The lowest BCUT2D eigenvalue weighted by Crippen LogP contribution is -2.53. The molecule has 33 heavy (non-hydrogen) atoms. The molecule has 3 aromatic rings. The van der Waals surface area contributed by atoms with Crippen molar-refractivity contribution in [2.24, 2.45) is 0 Å². The molecular weight excluding hydrogens is 418 g/mol. The minimum Gasteiger partial charge on any atom is -0.456 e. The third-order valence-electron chi connectivity index (χ3n) is 5.65. The lowest BCUT2D eigenvalue weighted by atomic mass is 10.1. The van der Waals surface area contributed by atoms with Crippen LogP contribution in [0.25, 0.3) is 0 Å². The highest BCUT2D eigenvalue weighted by atomic mass is 16.5. The van der Waals surface area contributed by atoms with E-state index in [-0.39, 0.29) is 11.9 Å². The SMILES string of the molecule is Cc1ccc(C(=O)N2CCN(C(=O)NCc3ccc(COCc4ccccc4)cc3)CC2)o1. The van der Waals surface area contributed by atoms with Crippen LogP contribution in [0.2, 0.25) is 0 Å². The van der Waals surface area contributed by atoms with Crippen LogP contribution in [0.15, 0.2) is 71.1 Å². The van der Waals surface area contributed by atoms with Gasteiger partial charge in [0.05, 0.1) is 13.2 Å². The molecular formula is C26H29N3O4. The molecule has 1 aromatic heterocycles. The molecule has 2 heterocycles. The number of furan rings is 1. The summed E-state index contributed by atoms with van der Waals surface area (Å²) in [7, 11) is 0. The maximum Gasteiger partial charge on any atom is 0.317 e. The number of rotatable bonds is 7. The molecule has 7 heteroatoms. The van der Waals surface area contributed by atoms with Crippen molar-refractivity contribution < 1.29 is 18.7 Å². The number of piperazine rings is 1. The molecule has 1 aliphatic rings. The van der Waals surface area contributed by atoms with Gasteiger partial charge in [-0.05, 0) is 35.7 Å². The second-order valence-corrected chi connectivity index (χ2v) is 8.14. The fraction of sp³-hybridized carbons (Fsp3) is 0.308. The predicted octanol–water partition coefficient (Wildman–Crippen LogP) is 3.97. The van der Waals surface area contributed by atoms with Gasteiger partial charge in [-0.1, -0.05) is 54.6 Å². The zero-order valence-electron chi connectivity index (χ0n) is 18.8. The van der Waals surface area contributed by atoms with E-state index in [0.29, 0.717) is 57.5 Å². The summed E-state index contributed by atoms with van der Waals surface area (Å²) in [6, 6.07) is 21.5. The Labute approximate surface area is 193 Å². The molecule has 3 amide bonds. The van der Waals surface area contributed by atoms with Crippen LogP contribution >= 0.6 is 0 Å². The van der Waals surface area contributed by atoms with Crippen molar-refractivity contribution in [3.05, 3.63) is 94.9 Å². The highest BCUT2D eigenvalue weighted by molar-refractivity contribution is 5.91. The summed E-state index contributed by atoms with van der Waals surface area (Å²) in [5.74, 6) is 0.930. The second kappa shape index (κ2) is 10.8. The van der Waals surface area contributed by atoms with Crippen LogP contribution in [0.5, 0.6) is 0 Å². The molecule has 1 aliphatic heterocycles. The van der Waals surface area contributed by atoms with Gasteiger partial charge >= 0.3 is 6.03 Å². The van der Waals surface area contributed by atoms with Crippen LogP contribution in [0.3, 0.4) is 0 Å². The number of urea groups is 1. The molecule has 2 aromatic carbocycles. The van der Waals surface area contributed by atoms with Crippen molar-refractivity contribution in [3.63, 3.8) is 0 Å². The smallest absolute Gasteiger partial charge is 0.317 e. The van der Waals surface area contributed by atoms with Crippen molar-refractivity contribution in [1.82, 2.24) is 15.1 Å². The van der Waals surface area contributed by atoms with Crippen molar-refractivity contribution in [2.45, 2.75) is 26.7 Å². The van der Waals surface area contributed by atoms with Crippen LogP contribution in [-0.2, 0) is 24.5 Å². The number of carbonyl (C=O) groups excluding carboxylic acids is 2. The Morgan fingerprint density at radius 3 is 2.06 bits per heavy atom. The molecule has 0 aliphatic carbocycles. The van der Waals surface area contributed by atoms with Gasteiger partial charge in [0.15, 0.2) is 5.76 Å². The highest BCUT2D eigenvalue weighted by Gasteiger charge is 2.26. The third-order valence-corrected chi connectivity index (χ3v) is 5.65. The zero-order valence-corrected chi connectivity index (χ0v) is 18.8. The zero-order chi connectivity index (χ0) is 23.0. The van der Waals surface area contributed by atoms with Crippen molar-refractivity contribution in [1.29, 1.82) is 0 Å². The molecule has 1 N–H and O–H groups in total. The van der Waals surface area contributed by atoms with Gasteiger partial charge in [0.2, 0.25) is 0 Å². The van der Waals surface area contributed by atoms with E-state index in [4.69, 9.17) is 9.15 Å². The van der Waals surface area contributed by atoms with E-state index in [2.05, 4.69) is 5.32 Å². The van der Waals surface area contributed by atoms with Crippen LogP contribution < -0.4 is 5.32 Å². The van der Waals surface area contributed by atoms with Crippen LogP contribution in [-0.4, -0.2) is 47.9 Å². The largest absolute Gasteiger partial charge is 0.456 e. The Bertz CT molecular complexity index is 1050. The number of nitrogens with zero attached hydrogens (tertiary/aromatic N) is 2. The summed E-state index contributed by atoms with van der Waals surface area (Å²) in [5.41, 5.74) is 3.27. The Morgan fingerprint density at radius 1 is 0.818 bits per heavy atom. The number of ether oxygens (including phenoxy) is 1. The van der Waals surface area contributed by atoms with Crippen LogP contribution in [0, 0.1) is 6.92 Å². The first-order valence-corrected chi connectivity index (χ1v) is 11.2. The van der Waals surface area contributed by atoms with Gasteiger partial charge < -0.3 is 24.3 Å². The van der Waals surface area contributed by atoms with Gasteiger partial charge in [0.1, 0.15) is 5.76 Å². The molecule has 172 valence electrons. The van der Waals surface area contributed by atoms with Crippen molar-refractivity contribution >= 4 is 11.9 Å². The first kappa shape index (κ1) is 22.6. The average Bonchev–Trinajstić information content (AvgIpc) is 3.30. The van der Waals surface area contributed by atoms with E-state index in [1.165, 1.54) is 0 Å². The lowest BCUT2D eigenvalue weighted by molar-refractivity contribution is 0.0632. The summed E-state index contributed by atoms with van der Waals surface area (Å²) in [4.78, 5) is 28.5. The van der Waals surface area contributed by atoms with E-state index in [0.717, 1.165) is 16.7 Å². The minimum absolute atomic E-state index is 0.119. The number of carbonyl (C=O) groups is 2. The minimum atomic E-state index is -0.129. The molecule has 0 atom stereocenters. The Kier molecular flexibility index (Phi) is 7.42. The van der Waals surface area contributed by atoms with E-state index in [1.807, 2.05) is 61.5 Å². The van der Waals surface area contributed by atoms with E-state index < -0.39 is 0 Å². The Balaban J connectivity index is 1.17. The van der Waals surface area contributed by atoms with Crippen molar-refractivity contribution in [2.75, 3.05) is 26.2 Å². The molecule has 1 fully saturated rings. The van der Waals surface area contributed by atoms with Gasteiger partial charge in [-0.2, -0.15) is 0 Å². The topological polar surface area (TPSA) is 75.0 Å². The van der Waals surface area contributed by atoms with Gasteiger partial charge in [-0.15, -0.1) is 0 Å². The third kappa shape index (κ3) is 6.23. The number of nitrogens with one attached hydrogen (secondary N) is 1. The number of hydrogen-bond acceptors (Lipinski definition) is 4. The first-order chi connectivity index (χ1) is 16.1. The summed E-state index contributed by atoms with van der Waals surface area (Å²) in [6.07, 6.45) is 0. The molecule has 0 radical (unpaired) electrons. The summed E-state index contributed by atoms with van der Waals surface area (Å²) in [6.45, 7) is 5.36. The standard InChI is InChI=1S/C26H29N3O4/c1-20-7-12-24(33-20)25(30)28-13-15-29(16-14-28)26(31)27-17-21-8-10-23(11-9-21)19-32-18-22-5-3-2-4-6-22/h2-12H,13-19H2,1H3,(H,27,31). The van der Waals surface area contributed by atoms with Gasteiger partial charge in [-0.3, -0.25) is 4.79 Å². The summed E-state index contributed by atoms with van der Waals surface area (Å²) in [5, 5.41) is 2.97. The fourth-order valence-electron chi connectivity index (χ4n) is 3.72. The van der Waals surface area contributed by atoms with Gasteiger partial charge in [0, 0.05) is 32.7 Å². The first-order valence-electron chi connectivity index (χ1n) is 11.2. The quantitative estimate of drug-likeness (QED) is 0.595. The Morgan fingerprint density at radius 2 is 1.42 bits per heavy atom. The maximum atomic E-state index is 12.5. The highest BCUT2D eigenvalue weighted by Crippen LogP contribution is 2.13. The number of amides is 3. The predicted molar refractivity (Wildman–Crippen MR) is 125 cm³/mol. The molecule has 0 unspecified atom stereocenters. The normalized spacial score (nSPS) is 13.7. The van der Waals surface area contributed by atoms with Gasteiger partial charge in [-0.25, -0.2) is 4.79 Å². The lowest BCUT2D eigenvalue weighted by Gasteiger charge is -2.34. The molecule has 1 saturated heterocycles. The number of benzene rings is 2. The monoisotopic (exact) mass is 447 g/mol. The van der Waals surface area contributed by atoms with E-state index in [1.54, 1.807) is 21.9 Å². The molecule has 0 spiro atoms. The van der Waals surface area contributed by atoms with Crippen molar-refractivity contribution in [3.8, 4) is 0 Å². The number of aryl methyl sites for hydroxylation is 1. The maximum absolute atomic E-state index is 12.5. The summed E-state index contributed by atoms with van der Waals surface area (Å²) < 4.78 is 11.2. The Hall–Kier alpha value is -3.58. The second-order valence-electron chi connectivity index (χ2n) is 8.14. The fourth-order valence-corrected chi connectivity index (χ4v) is 3.72. The molecule has 7 nitrogen and oxygen atoms in total. The molecule has 0 saturated carbocycles. The van der Waals surface area contributed by atoms with Crippen LogP contribution in [0.4, 0.5) is 4.79 Å². The molecule has 4 rings (SSSR count). The van der Waals surface area contributed by atoms with Gasteiger partial charge in [0.25, 0.3) is 5.91 Å². The number of hydrogen-bond donors (Lipinski definition) is 1. The van der Waals surface area contributed by atoms with E-state index >= 15 is 0 Å². The summed E-state index contributed by atoms with van der Waals surface area (Å²) >= 11 is 0. The molecule has 0 bridgehead atoms. The average molecular weight is 448 g/mol.